The molecule has 0 N–H and O–H groups in total. The van der Waals surface area contributed by atoms with Gasteiger partial charge in [-0.3, -0.25) is 5.21 Å². The lowest BCUT2D eigenvalue weighted by Gasteiger charge is -2.35. The summed E-state index contributed by atoms with van der Waals surface area (Å²) < 4.78 is 0. The summed E-state index contributed by atoms with van der Waals surface area (Å²) in [5.74, 6) is 0.231. The van der Waals surface area contributed by atoms with Crippen LogP contribution in [0.5, 0.6) is 0 Å². The topological polar surface area (TPSA) is 35.3 Å². The molecule has 0 fully saturated rings. The van der Waals surface area contributed by atoms with Crippen LogP contribution in [0.3, 0.4) is 0 Å². The number of hydrogen-bond acceptors (Lipinski definition) is 2. The third-order valence-electron chi connectivity index (χ3n) is 3.00. The molecule has 2 rings (SSSR count). The molecule has 4 heteroatoms. The smallest absolute Gasteiger partial charge is 0.244 e. The Labute approximate surface area is 106 Å². The molecule has 0 radical (unpaired) electrons. The van der Waals surface area contributed by atoms with Gasteiger partial charge in [0.05, 0.1) is 11.5 Å². The second-order valence-electron chi connectivity index (χ2n) is 4.90. The standard InChI is InChI=1S/C13H16ClNO2/c1-13(2)8-11(10-6-4-3-5-7-10)12(9-14)15(16)17-13/h3-7,11H,8-9H2,1-2H3. The van der Waals surface area contributed by atoms with E-state index >= 15 is 0 Å². The summed E-state index contributed by atoms with van der Waals surface area (Å²) >= 11 is 5.85. The van der Waals surface area contributed by atoms with Gasteiger partial charge in [0, 0.05) is 4.90 Å². The Hall–Kier alpha value is -1.22. The Morgan fingerprint density at radius 3 is 2.65 bits per heavy atom. The lowest BCUT2D eigenvalue weighted by molar-refractivity contribution is -0.770. The van der Waals surface area contributed by atoms with E-state index in [1.54, 1.807) is 0 Å². The zero-order chi connectivity index (χ0) is 12.5. The molecule has 1 unspecified atom stereocenters. The number of rotatable bonds is 2. The highest BCUT2D eigenvalue weighted by atomic mass is 35.5. The number of halogens is 1. The van der Waals surface area contributed by atoms with E-state index in [9.17, 15) is 5.21 Å². The van der Waals surface area contributed by atoms with Crippen molar-refractivity contribution in [1.29, 1.82) is 0 Å². The van der Waals surface area contributed by atoms with Crippen molar-refractivity contribution in [1.82, 2.24) is 0 Å². The molecule has 0 saturated heterocycles. The zero-order valence-corrected chi connectivity index (χ0v) is 10.8. The van der Waals surface area contributed by atoms with Gasteiger partial charge in [-0.25, -0.2) is 0 Å². The summed E-state index contributed by atoms with van der Waals surface area (Å²) in [7, 11) is 0. The zero-order valence-electron chi connectivity index (χ0n) is 10.0. The third kappa shape index (κ3) is 2.55. The van der Waals surface area contributed by atoms with Gasteiger partial charge in [0.15, 0.2) is 0 Å². The minimum Gasteiger partial charge on any atom is -0.397 e. The summed E-state index contributed by atoms with van der Waals surface area (Å²) in [5, 5.41) is 11.8. The average Bonchev–Trinajstić information content (AvgIpc) is 2.28. The van der Waals surface area contributed by atoms with Crippen LogP contribution in [0.4, 0.5) is 0 Å². The van der Waals surface area contributed by atoms with E-state index in [-0.39, 0.29) is 11.8 Å². The number of hydrogen-bond donors (Lipinski definition) is 0. The molecular formula is C13H16ClNO2. The van der Waals surface area contributed by atoms with Crippen LogP contribution in [0.25, 0.3) is 0 Å². The van der Waals surface area contributed by atoms with Crippen LogP contribution >= 0.6 is 11.6 Å². The lowest BCUT2D eigenvalue weighted by Crippen LogP contribution is -2.42. The van der Waals surface area contributed by atoms with Crippen molar-refractivity contribution >= 4 is 17.3 Å². The predicted molar refractivity (Wildman–Crippen MR) is 68.3 cm³/mol. The molecule has 1 aromatic rings. The molecular weight excluding hydrogens is 238 g/mol. The molecule has 1 aromatic carbocycles. The van der Waals surface area contributed by atoms with E-state index in [1.165, 1.54) is 0 Å². The number of benzene rings is 1. The van der Waals surface area contributed by atoms with Gasteiger partial charge in [-0.05, 0) is 25.8 Å². The summed E-state index contributed by atoms with van der Waals surface area (Å²) in [4.78, 5) is 5.88. The first-order valence-electron chi connectivity index (χ1n) is 5.66. The molecule has 1 aliphatic rings. The fourth-order valence-corrected chi connectivity index (χ4v) is 2.48. The van der Waals surface area contributed by atoms with E-state index in [0.717, 1.165) is 12.0 Å². The molecule has 0 saturated carbocycles. The van der Waals surface area contributed by atoms with Crippen LogP contribution in [0.15, 0.2) is 30.3 Å². The predicted octanol–water partition coefficient (Wildman–Crippen LogP) is 3.07. The summed E-state index contributed by atoms with van der Waals surface area (Å²) in [6.45, 7) is 3.83. The molecule has 92 valence electrons. The van der Waals surface area contributed by atoms with Crippen molar-refractivity contribution in [2.75, 3.05) is 5.88 Å². The Morgan fingerprint density at radius 1 is 1.41 bits per heavy atom. The lowest BCUT2D eigenvalue weighted by atomic mass is 9.84. The molecule has 1 aliphatic heterocycles. The van der Waals surface area contributed by atoms with Crippen molar-refractivity contribution in [2.45, 2.75) is 31.8 Å². The van der Waals surface area contributed by atoms with E-state index in [0.29, 0.717) is 10.6 Å². The minimum atomic E-state index is -0.460. The van der Waals surface area contributed by atoms with Gasteiger partial charge < -0.3 is 4.84 Å². The quantitative estimate of drug-likeness (QED) is 0.600. The van der Waals surface area contributed by atoms with Crippen molar-refractivity contribution in [3.63, 3.8) is 0 Å². The van der Waals surface area contributed by atoms with Crippen LogP contribution in [-0.2, 0) is 4.84 Å². The normalized spacial score (nSPS) is 23.4. The van der Waals surface area contributed by atoms with Gasteiger partial charge in [0.1, 0.15) is 5.88 Å². The maximum Gasteiger partial charge on any atom is 0.244 e. The molecule has 3 nitrogen and oxygen atoms in total. The average molecular weight is 254 g/mol. The summed E-state index contributed by atoms with van der Waals surface area (Å²) in [6.07, 6.45) is 0.762. The fraction of sp³-hybridized carbons (Fsp3) is 0.462. The van der Waals surface area contributed by atoms with Crippen molar-refractivity contribution in [3.05, 3.63) is 41.1 Å². The number of alkyl halides is 1. The van der Waals surface area contributed by atoms with Crippen LogP contribution in [0, 0.1) is 5.21 Å². The number of nitrogens with zero attached hydrogens (tertiary/aromatic N) is 1. The van der Waals surface area contributed by atoms with Gasteiger partial charge in [-0.2, -0.15) is 0 Å². The maximum absolute atomic E-state index is 11.8. The van der Waals surface area contributed by atoms with Crippen LogP contribution in [0.2, 0.25) is 0 Å². The Morgan fingerprint density at radius 2 is 2.06 bits per heavy atom. The first-order chi connectivity index (χ1) is 8.03. The SMILES string of the molecule is CC1(C)CC(c2ccccc2)C(CCl)=[N+]([O-])O1. The highest BCUT2D eigenvalue weighted by molar-refractivity contribution is 6.28. The molecule has 0 amide bonds. The highest BCUT2D eigenvalue weighted by Gasteiger charge is 2.38. The molecule has 0 aliphatic carbocycles. The van der Waals surface area contributed by atoms with E-state index < -0.39 is 5.60 Å². The van der Waals surface area contributed by atoms with E-state index in [4.69, 9.17) is 16.4 Å². The minimum absolute atomic E-state index is 0.0370. The molecule has 0 bridgehead atoms. The second kappa shape index (κ2) is 4.57. The van der Waals surface area contributed by atoms with Gasteiger partial charge in [0.2, 0.25) is 5.71 Å². The second-order valence-corrected chi connectivity index (χ2v) is 5.17. The third-order valence-corrected chi connectivity index (χ3v) is 3.28. The van der Waals surface area contributed by atoms with Gasteiger partial charge >= 0.3 is 0 Å². The Balaban J connectivity index is 2.41. The van der Waals surface area contributed by atoms with Crippen molar-refractivity contribution < 1.29 is 9.74 Å². The van der Waals surface area contributed by atoms with Gasteiger partial charge in [-0.15, -0.1) is 11.6 Å². The molecule has 1 heterocycles. The Kier molecular flexibility index (Phi) is 3.29. The maximum atomic E-state index is 11.8. The highest BCUT2D eigenvalue weighted by Crippen LogP contribution is 2.33. The molecule has 0 aromatic heterocycles. The van der Waals surface area contributed by atoms with E-state index in [2.05, 4.69) is 0 Å². The summed E-state index contributed by atoms with van der Waals surface area (Å²) in [6, 6.07) is 9.94. The summed E-state index contributed by atoms with van der Waals surface area (Å²) in [5.41, 5.74) is 1.23. The van der Waals surface area contributed by atoms with Crippen molar-refractivity contribution in [2.24, 2.45) is 0 Å². The fourth-order valence-electron chi connectivity index (χ4n) is 2.19. The Bertz CT molecular complexity index is 428. The monoisotopic (exact) mass is 253 g/mol. The van der Waals surface area contributed by atoms with E-state index in [1.807, 2.05) is 44.2 Å². The van der Waals surface area contributed by atoms with Gasteiger partial charge in [-0.1, -0.05) is 30.3 Å². The van der Waals surface area contributed by atoms with Crippen molar-refractivity contribution in [3.8, 4) is 0 Å². The molecule has 1 atom stereocenters. The molecule has 17 heavy (non-hydrogen) atoms. The van der Waals surface area contributed by atoms with Gasteiger partial charge in [0.25, 0.3) is 0 Å². The van der Waals surface area contributed by atoms with Crippen LogP contribution in [0.1, 0.15) is 31.7 Å². The first kappa shape index (κ1) is 12.2. The largest absolute Gasteiger partial charge is 0.397 e. The van der Waals surface area contributed by atoms with Crippen LogP contribution < -0.4 is 0 Å². The molecule has 0 spiro atoms. The van der Waals surface area contributed by atoms with Crippen LogP contribution in [-0.4, -0.2) is 22.1 Å². The first-order valence-corrected chi connectivity index (χ1v) is 6.20.